The van der Waals surface area contributed by atoms with Crippen molar-refractivity contribution < 1.29 is 4.39 Å². The number of rotatable bonds is 4. The normalized spacial score (nSPS) is 10.2. The third kappa shape index (κ3) is 3.20. The first kappa shape index (κ1) is 12.4. The number of nitrogens with zero attached hydrogens (tertiary/aromatic N) is 2. The predicted octanol–water partition coefficient (Wildman–Crippen LogP) is 2.90. The summed E-state index contributed by atoms with van der Waals surface area (Å²) in [6, 6.07) is 11.3. The lowest BCUT2D eigenvalue weighted by molar-refractivity contribution is 0.584. The molecule has 2 rings (SSSR count). The molecule has 3 nitrogen and oxygen atoms in total. The van der Waals surface area contributed by atoms with Crippen LogP contribution >= 0.6 is 0 Å². The van der Waals surface area contributed by atoms with E-state index in [0.717, 1.165) is 5.69 Å². The monoisotopic (exact) mass is 245 g/mol. The molecule has 18 heavy (non-hydrogen) atoms. The first-order chi connectivity index (χ1) is 8.65. The van der Waals surface area contributed by atoms with Crippen LogP contribution in [0.5, 0.6) is 0 Å². The Labute approximate surface area is 106 Å². The van der Waals surface area contributed by atoms with Crippen molar-refractivity contribution in [2.45, 2.75) is 6.54 Å². The number of halogens is 1. The van der Waals surface area contributed by atoms with E-state index in [2.05, 4.69) is 39.5 Å². The number of benzene rings is 1. The third-order valence-corrected chi connectivity index (χ3v) is 2.68. The molecule has 0 amide bonds. The maximum atomic E-state index is 12.6. The summed E-state index contributed by atoms with van der Waals surface area (Å²) < 4.78 is 12.6. The van der Waals surface area contributed by atoms with Crippen molar-refractivity contribution in [1.82, 2.24) is 4.98 Å². The molecule has 0 fully saturated rings. The van der Waals surface area contributed by atoms with Crippen LogP contribution in [0.15, 0.2) is 42.6 Å². The Morgan fingerprint density at radius 3 is 2.39 bits per heavy atom. The molecule has 0 saturated carbocycles. The molecule has 0 spiro atoms. The molecule has 0 unspecified atom stereocenters. The lowest BCUT2D eigenvalue weighted by atomic mass is 10.2. The molecule has 0 bridgehead atoms. The molecule has 2 aromatic rings. The highest BCUT2D eigenvalue weighted by molar-refractivity contribution is 5.47. The van der Waals surface area contributed by atoms with Crippen LogP contribution in [0, 0.1) is 5.95 Å². The van der Waals surface area contributed by atoms with E-state index in [0.29, 0.717) is 6.54 Å². The average Bonchev–Trinajstić information content (AvgIpc) is 2.38. The number of aromatic nitrogens is 1. The van der Waals surface area contributed by atoms with Gasteiger partial charge in [-0.1, -0.05) is 12.1 Å². The Morgan fingerprint density at radius 1 is 1.11 bits per heavy atom. The van der Waals surface area contributed by atoms with E-state index >= 15 is 0 Å². The van der Waals surface area contributed by atoms with Crippen molar-refractivity contribution in [2.24, 2.45) is 0 Å². The number of hydrogen-bond donors (Lipinski definition) is 1. The van der Waals surface area contributed by atoms with E-state index in [1.54, 1.807) is 6.07 Å². The van der Waals surface area contributed by atoms with Crippen molar-refractivity contribution in [3.8, 4) is 0 Å². The minimum absolute atomic E-state index is 0.462. The first-order valence-corrected chi connectivity index (χ1v) is 5.77. The summed E-state index contributed by atoms with van der Waals surface area (Å²) in [7, 11) is 4.02. The van der Waals surface area contributed by atoms with Gasteiger partial charge in [-0.15, -0.1) is 0 Å². The van der Waals surface area contributed by atoms with Gasteiger partial charge in [0.2, 0.25) is 5.95 Å². The SMILES string of the molecule is CN(C)c1ccc(CNc2ccc(F)nc2)cc1. The smallest absolute Gasteiger partial charge is 0.212 e. The van der Waals surface area contributed by atoms with E-state index in [-0.39, 0.29) is 0 Å². The topological polar surface area (TPSA) is 28.2 Å². The Bertz CT molecular complexity index is 491. The van der Waals surface area contributed by atoms with Crippen LogP contribution in [0.25, 0.3) is 0 Å². The van der Waals surface area contributed by atoms with Crippen LogP contribution < -0.4 is 10.2 Å². The molecule has 94 valence electrons. The van der Waals surface area contributed by atoms with Crippen LogP contribution in [0.3, 0.4) is 0 Å². The van der Waals surface area contributed by atoms with Crippen molar-refractivity contribution in [3.63, 3.8) is 0 Å². The minimum atomic E-state index is -0.462. The second kappa shape index (κ2) is 5.49. The first-order valence-electron chi connectivity index (χ1n) is 5.77. The fraction of sp³-hybridized carbons (Fsp3) is 0.214. The van der Waals surface area contributed by atoms with Crippen LogP contribution in [0.2, 0.25) is 0 Å². The average molecular weight is 245 g/mol. The van der Waals surface area contributed by atoms with Gasteiger partial charge in [0.1, 0.15) is 0 Å². The second-order valence-electron chi connectivity index (χ2n) is 4.28. The molecule has 0 radical (unpaired) electrons. The second-order valence-corrected chi connectivity index (χ2v) is 4.28. The van der Waals surface area contributed by atoms with E-state index in [9.17, 15) is 4.39 Å². The Morgan fingerprint density at radius 2 is 1.83 bits per heavy atom. The molecule has 0 aliphatic heterocycles. The van der Waals surface area contributed by atoms with E-state index in [4.69, 9.17) is 0 Å². The lowest BCUT2D eigenvalue weighted by Gasteiger charge is -2.13. The van der Waals surface area contributed by atoms with Gasteiger partial charge in [0.25, 0.3) is 0 Å². The van der Waals surface area contributed by atoms with Crippen molar-refractivity contribution in [1.29, 1.82) is 0 Å². The van der Waals surface area contributed by atoms with Gasteiger partial charge in [0.05, 0.1) is 11.9 Å². The largest absolute Gasteiger partial charge is 0.380 e. The molecular weight excluding hydrogens is 229 g/mol. The highest BCUT2D eigenvalue weighted by atomic mass is 19.1. The van der Waals surface area contributed by atoms with Crippen molar-refractivity contribution >= 4 is 11.4 Å². The van der Waals surface area contributed by atoms with E-state index in [1.165, 1.54) is 23.5 Å². The molecule has 1 aromatic carbocycles. The Hall–Kier alpha value is -2.10. The highest BCUT2D eigenvalue weighted by Gasteiger charge is 1.97. The summed E-state index contributed by atoms with van der Waals surface area (Å²) in [6.07, 6.45) is 1.49. The van der Waals surface area contributed by atoms with Crippen molar-refractivity contribution in [3.05, 3.63) is 54.1 Å². The predicted molar refractivity (Wildman–Crippen MR) is 72.3 cm³/mol. The van der Waals surface area contributed by atoms with Gasteiger partial charge in [0, 0.05) is 26.3 Å². The van der Waals surface area contributed by atoms with E-state index in [1.807, 2.05) is 14.1 Å². The zero-order chi connectivity index (χ0) is 13.0. The number of hydrogen-bond acceptors (Lipinski definition) is 3. The molecule has 0 saturated heterocycles. The molecule has 1 heterocycles. The summed E-state index contributed by atoms with van der Waals surface area (Å²) in [5, 5.41) is 3.19. The number of anilines is 2. The molecule has 4 heteroatoms. The maximum absolute atomic E-state index is 12.6. The lowest BCUT2D eigenvalue weighted by Crippen LogP contribution is -2.08. The van der Waals surface area contributed by atoms with Gasteiger partial charge in [-0.25, -0.2) is 4.98 Å². The summed E-state index contributed by atoms with van der Waals surface area (Å²) >= 11 is 0. The Kier molecular flexibility index (Phi) is 3.77. The van der Waals surface area contributed by atoms with Gasteiger partial charge >= 0.3 is 0 Å². The Balaban J connectivity index is 1.95. The van der Waals surface area contributed by atoms with Gasteiger partial charge < -0.3 is 10.2 Å². The molecular formula is C14H16FN3. The zero-order valence-corrected chi connectivity index (χ0v) is 10.5. The zero-order valence-electron chi connectivity index (χ0n) is 10.5. The number of pyridine rings is 1. The summed E-state index contributed by atoms with van der Waals surface area (Å²) in [6.45, 7) is 0.695. The van der Waals surface area contributed by atoms with Gasteiger partial charge in [-0.3, -0.25) is 0 Å². The maximum Gasteiger partial charge on any atom is 0.212 e. The number of nitrogens with one attached hydrogen (secondary N) is 1. The minimum Gasteiger partial charge on any atom is -0.380 e. The molecule has 0 atom stereocenters. The van der Waals surface area contributed by atoms with E-state index < -0.39 is 5.95 Å². The van der Waals surface area contributed by atoms with Gasteiger partial charge in [-0.2, -0.15) is 4.39 Å². The van der Waals surface area contributed by atoms with Gasteiger partial charge in [0.15, 0.2) is 0 Å². The summed E-state index contributed by atoms with van der Waals surface area (Å²) in [5.41, 5.74) is 3.15. The fourth-order valence-corrected chi connectivity index (χ4v) is 1.60. The van der Waals surface area contributed by atoms with Crippen LogP contribution in [0.1, 0.15) is 5.56 Å². The van der Waals surface area contributed by atoms with Gasteiger partial charge in [-0.05, 0) is 29.8 Å². The van der Waals surface area contributed by atoms with Crippen LogP contribution in [0.4, 0.5) is 15.8 Å². The quantitative estimate of drug-likeness (QED) is 0.839. The fourth-order valence-electron chi connectivity index (χ4n) is 1.60. The third-order valence-electron chi connectivity index (χ3n) is 2.68. The van der Waals surface area contributed by atoms with Crippen LogP contribution in [-0.4, -0.2) is 19.1 Å². The molecule has 0 aliphatic rings. The standard InChI is InChI=1S/C14H16FN3/c1-18(2)13-6-3-11(4-7-13)9-16-12-5-8-14(15)17-10-12/h3-8,10,16H,9H2,1-2H3. The highest BCUT2D eigenvalue weighted by Crippen LogP contribution is 2.13. The van der Waals surface area contributed by atoms with Crippen LogP contribution in [-0.2, 0) is 6.54 Å². The summed E-state index contributed by atoms with van der Waals surface area (Å²) in [5.74, 6) is -0.462. The molecule has 1 N–H and O–H groups in total. The molecule has 1 aromatic heterocycles. The van der Waals surface area contributed by atoms with Crippen molar-refractivity contribution in [2.75, 3.05) is 24.3 Å². The summed E-state index contributed by atoms with van der Waals surface area (Å²) in [4.78, 5) is 5.65. The molecule has 0 aliphatic carbocycles.